The third-order valence-electron chi connectivity index (χ3n) is 5.42. The van der Waals surface area contributed by atoms with Crippen LogP contribution >= 0.6 is 0 Å². The molecule has 0 aromatic heterocycles. The highest BCUT2D eigenvalue weighted by Crippen LogP contribution is 2.28. The van der Waals surface area contributed by atoms with E-state index in [-0.39, 0.29) is 4.90 Å². The van der Waals surface area contributed by atoms with Crippen LogP contribution in [0.25, 0.3) is 0 Å². The van der Waals surface area contributed by atoms with Crippen molar-refractivity contribution in [3.63, 3.8) is 0 Å². The van der Waals surface area contributed by atoms with Gasteiger partial charge in [0, 0.05) is 6.54 Å². The predicted octanol–water partition coefficient (Wildman–Crippen LogP) is 4.10. The van der Waals surface area contributed by atoms with Gasteiger partial charge in [-0.25, -0.2) is 12.8 Å². The summed E-state index contributed by atoms with van der Waals surface area (Å²) in [4.78, 5) is 12.6. The van der Waals surface area contributed by atoms with E-state index in [0.717, 1.165) is 27.6 Å². The summed E-state index contributed by atoms with van der Waals surface area (Å²) in [7, 11) is -0.943. The Bertz CT molecular complexity index is 1250. The Morgan fingerprint density at radius 1 is 0.943 bits per heavy atom. The summed E-state index contributed by atoms with van der Waals surface area (Å²) in [5, 5.41) is 2.79. The first-order valence-corrected chi connectivity index (χ1v) is 12.5. The Kier molecular flexibility index (Phi) is 8.70. The number of aryl methyl sites for hydroxylation is 2. The van der Waals surface area contributed by atoms with Crippen molar-refractivity contribution in [2.45, 2.75) is 24.7 Å². The molecule has 186 valence electrons. The second kappa shape index (κ2) is 11.7. The number of halogens is 1. The van der Waals surface area contributed by atoms with Crippen molar-refractivity contribution in [2.24, 2.45) is 0 Å². The van der Waals surface area contributed by atoms with Gasteiger partial charge in [-0.2, -0.15) is 0 Å². The van der Waals surface area contributed by atoms with E-state index >= 15 is 0 Å². The SMILES string of the molecule is COc1ccc(CCCNC(=O)CN(c2ccc(C)cc2)S(=O)(=O)c2ccc(F)cc2)cc1OC. The summed E-state index contributed by atoms with van der Waals surface area (Å²) in [6.07, 6.45) is 1.34. The van der Waals surface area contributed by atoms with Crippen LogP contribution in [-0.2, 0) is 21.2 Å². The second-order valence-corrected chi connectivity index (χ2v) is 9.81. The number of sulfonamides is 1. The number of benzene rings is 3. The minimum absolute atomic E-state index is 0.0965. The summed E-state index contributed by atoms with van der Waals surface area (Å²) in [5.74, 6) is 0.290. The number of nitrogens with one attached hydrogen (secondary N) is 1. The van der Waals surface area contributed by atoms with Crippen molar-refractivity contribution in [1.29, 1.82) is 0 Å². The van der Waals surface area contributed by atoms with Crippen LogP contribution in [-0.4, -0.2) is 41.6 Å². The van der Waals surface area contributed by atoms with Gasteiger partial charge in [-0.3, -0.25) is 9.10 Å². The first-order valence-electron chi connectivity index (χ1n) is 11.1. The van der Waals surface area contributed by atoms with E-state index in [1.807, 2.05) is 25.1 Å². The van der Waals surface area contributed by atoms with Gasteiger partial charge in [0.05, 0.1) is 24.8 Å². The van der Waals surface area contributed by atoms with Crippen LogP contribution in [0.4, 0.5) is 10.1 Å². The van der Waals surface area contributed by atoms with Crippen LogP contribution in [0.5, 0.6) is 11.5 Å². The standard InChI is InChI=1S/C26H29FN2O5S/c1-19-6-11-22(12-7-19)29(35(31,32)23-13-9-21(27)10-14-23)18-26(30)28-16-4-5-20-8-15-24(33-2)25(17-20)34-3/h6-15,17H,4-5,16,18H2,1-3H3,(H,28,30). The lowest BCUT2D eigenvalue weighted by molar-refractivity contribution is -0.119. The van der Waals surface area contributed by atoms with Crippen molar-refractivity contribution in [2.75, 3.05) is 31.6 Å². The smallest absolute Gasteiger partial charge is 0.264 e. The van der Waals surface area contributed by atoms with Gasteiger partial charge >= 0.3 is 0 Å². The number of amides is 1. The normalized spacial score (nSPS) is 11.1. The molecule has 0 unspecified atom stereocenters. The molecular weight excluding hydrogens is 471 g/mol. The molecule has 1 amide bonds. The molecule has 0 bridgehead atoms. The minimum atomic E-state index is -4.09. The molecule has 0 saturated carbocycles. The molecule has 0 heterocycles. The van der Waals surface area contributed by atoms with Crippen LogP contribution in [0.1, 0.15) is 17.5 Å². The molecule has 9 heteroatoms. The summed E-state index contributed by atoms with van der Waals surface area (Å²) in [6, 6.07) is 17.0. The molecule has 3 aromatic rings. The lowest BCUT2D eigenvalue weighted by Crippen LogP contribution is -2.41. The zero-order valence-corrected chi connectivity index (χ0v) is 20.8. The van der Waals surface area contributed by atoms with Gasteiger partial charge in [-0.15, -0.1) is 0 Å². The quantitative estimate of drug-likeness (QED) is 0.401. The van der Waals surface area contributed by atoms with E-state index in [2.05, 4.69) is 5.32 Å². The Hall–Kier alpha value is -3.59. The molecule has 35 heavy (non-hydrogen) atoms. The molecule has 1 N–H and O–H groups in total. The zero-order chi connectivity index (χ0) is 25.4. The number of hydrogen-bond acceptors (Lipinski definition) is 5. The maximum absolute atomic E-state index is 13.3. The highest BCUT2D eigenvalue weighted by molar-refractivity contribution is 7.92. The van der Waals surface area contributed by atoms with E-state index in [1.54, 1.807) is 38.5 Å². The molecule has 0 aliphatic carbocycles. The fourth-order valence-electron chi connectivity index (χ4n) is 3.50. The maximum atomic E-state index is 13.3. The average molecular weight is 501 g/mol. The number of methoxy groups -OCH3 is 2. The maximum Gasteiger partial charge on any atom is 0.264 e. The van der Waals surface area contributed by atoms with Crippen LogP contribution in [0.3, 0.4) is 0 Å². The van der Waals surface area contributed by atoms with Crippen molar-refractivity contribution in [3.8, 4) is 11.5 Å². The number of ether oxygens (including phenoxy) is 2. The molecule has 0 atom stereocenters. The van der Waals surface area contributed by atoms with E-state index in [0.29, 0.717) is 36.6 Å². The molecule has 0 spiro atoms. The largest absolute Gasteiger partial charge is 0.493 e. The summed E-state index contributed by atoms with van der Waals surface area (Å²) >= 11 is 0. The molecule has 0 fully saturated rings. The number of anilines is 1. The number of hydrogen-bond donors (Lipinski definition) is 1. The van der Waals surface area contributed by atoms with Crippen molar-refractivity contribution >= 4 is 21.6 Å². The van der Waals surface area contributed by atoms with Gasteiger partial charge in [0.2, 0.25) is 5.91 Å². The van der Waals surface area contributed by atoms with Crippen molar-refractivity contribution in [3.05, 3.63) is 83.7 Å². The highest BCUT2D eigenvalue weighted by atomic mass is 32.2. The third kappa shape index (κ3) is 6.73. The number of carbonyl (C=O) groups excluding carboxylic acids is 1. The number of rotatable bonds is 11. The van der Waals surface area contributed by atoms with Crippen LogP contribution in [0.2, 0.25) is 0 Å². The monoisotopic (exact) mass is 500 g/mol. The Labute approximate surface area is 205 Å². The van der Waals surface area contributed by atoms with E-state index in [1.165, 1.54) is 12.1 Å². The fraction of sp³-hybridized carbons (Fsp3) is 0.269. The molecule has 0 saturated heterocycles. The van der Waals surface area contributed by atoms with E-state index in [9.17, 15) is 17.6 Å². The lowest BCUT2D eigenvalue weighted by atomic mass is 10.1. The van der Waals surface area contributed by atoms with E-state index in [4.69, 9.17) is 9.47 Å². The van der Waals surface area contributed by atoms with Crippen LogP contribution < -0.4 is 19.1 Å². The van der Waals surface area contributed by atoms with Gasteiger partial charge in [0.15, 0.2) is 11.5 Å². The first kappa shape index (κ1) is 26.0. The van der Waals surface area contributed by atoms with Crippen LogP contribution in [0.15, 0.2) is 71.6 Å². The molecule has 0 radical (unpaired) electrons. The van der Waals surface area contributed by atoms with Gasteiger partial charge in [-0.1, -0.05) is 23.8 Å². The van der Waals surface area contributed by atoms with Crippen molar-refractivity contribution < 1.29 is 27.1 Å². The molecule has 0 aliphatic heterocycles. The van der Waals surface area contributed by atoms with Gasteiger partial charge in [-0.05, 0) is 73.9 Å². The number of nitrogens with zero attached hydrogens (tertiary/aromatic N) is 1. The summed E-state index contributed by atoms with van der Waals surface area (Å²) in [6.45, 7) is 1.85. The Morgan fingerprint density at radius 3 is 2.23 bits per heavy atom. The topological polar surface area (TPSA) is 84.9 Å². The molecule has 3 rings (SSSR count). The lowest BCUT2D eigenvalue weighted by Gasteiger charge is -2.24. The summed E-state index contributed by atoms with van der Waals surface area (Å²) in [5.41, 5.74) is 2.32. The first-order chi connectivity index (χ1) is 16.7. The molecular formula is C26H29FN2O5S. The minimum Gasteiger partial charge on any atom is -0.493 e. The highest BCUT2D eigenvalue weighted by Gasteiger charge is 2.27. The molecule has 7 nitrogen and oxygen atoms in total. The van der Waals surface area contributed by atoms with Crippen molar-refractivity contribution in [1.82, 2.24) is 5.32 Å². The van der Waals surface area contributed by atoms with Crippen LogP contribution in [0, 0.1) is 12.7 Å². The average Bonchev–Trinajstić information content (AvgIpc) is 2.86. The van der Waals surface area contributed by atoms with Gasteiger partial charge in [0.25, 0.3) is 10.0 Å². The Balaban J connectivity index is 1.67. The second-order valence-electron chi connectivity index (χ2n) is 7.94. The van der Waals surface area contributed by atoms with Gasteiger partial charge in [0.1, 0.15) is 12.4 Å². The molecule has 0 aliphatic rings. The number of carbonyl (C=O) groups is 1. The zero-order valence-electron chi connectivity index (χ0n) is 20.0. The molecule has 3 aromatic carbocycles. The summed E-state index contributed by atoms with van der Waals surface area (Å²) < 4.78 is 51.5. The Morgan fingerprint density at radius 2 is 1.60 bits per heavy atom. The van der Waals surface area contributed by atoms with E-state index < -0.39 is 28.3 Å². The third-order valence-corrected chi connectivity index (χ3v) is 7.21. The predicted molar refractivity (Wildman–Crippen MR) is 133 cm³/mol. The fourth-order valence-corrected chi connectivity index (χ4v) is 4.92. The van der Waals surface area contributed by atoms with Gasteiger partial charge < -0.3 is 14.8 Å².